The number of nitrogens with zero attached hydrogens (tertiary/aromatic N) is 1. The highest BCUT2D eigenvalue weighted by Crippen LogP contribution is 2.31. The topological polar surface area (TPSA) is 60.2 Å². The highest BCUT2D eigenvalue weighted by molar-refractivity contribution is 5.93. The van der Waals surface area contributed by atoms with Crippen molar-refractivity contribution in [3.05, 3.63) is 35.3 Å². The average molecular weight is 233 g/mol. The molecule has 0 saturated heterocycles. The number of nitrogen functional groups attached to an aromatic ring is 1. The molecule has 17 heavy (non-hydrogen) atoms. The van der Waals surface area contributed by atoms with Crippen molar-refractivity contribution >= 4 is 16.6 Å². The Morgan fingerprint density at radius 2 is 2.29 bits per heavy atom. The maximum atomic E-state index is 13.3. The summed E-state index contributed by atoms with van der Waals surface area (Å²) < 4.78 is 18.6. The molecule has 1 aromatic carbocycles. The van der Waals surface area contributed by atoms with Crippen molar-refractivity contribution in [2.24, 2.45) is 5.84 Å². The van der Waals surface area contributed by atoms with E-state index in [0.717, 1.165) is 23.2 Å². The quantitative estimate of drug-likeness (QED) is 0.581. The van der Waals surface area contributed by atoms with Crippen LogP contribution in [0.25, 0.3) is 10.9 Å². The van der Waals surface area contributed by atoms with E-state index in [4.69, 9.17) is 10.6 Å². The summed E-state index contributed by atoms with van der Waals surface area (Å²) in [4.78, 5) is 4.52. The van der Waals surface area contributed by atoms with E-state index in [2.05, 4.69) is 10.4 Å². The van der Waals surface area contributed by atoms with Crippen LogP contribution in [-0.4, -0.2) is 11.6 Å². The molecule has 3 rings (SSSR count). The Morgan fingerprint density at radius 1 is 1.41 bits per heavy atom. The van der Waals surface area contributed by atoms with Gasteiger partial charge in [0, 0.05) is 17.4 Å². The molecular formula is C12H12FN3O. The largest absolute Gasteiger partial charge is 0.376 e. The smallest absolute Gasteiger partial charge is 0.124 e. The third-order valence-electron chi connectivity index (χ3n) is 3.01. The summed E-state index contributed by atoms with van der Waals surface area (Å²) in [5.41, 5.74) is 6.00. The van der Waals surface area contributed by atoms with Gasteiger partial charge in [-0.3, -0.25) is 10.8 Å². The van der Waals surface area contributed by atoms with Gasteiger partial charge in [-0.1, -0.05) is 0 Å². The molecule has 0 aliphatic carbocycles. The molecule has 0 fully saturated rings. The maximum Gasteiger partial charge on any atom is 0.124 e. The van der Waals surface area contributed by atoms with Crippen LogP contribution in [-0.2, 0) is 17.8 Å². The fraction of sp³-hybridized carbons (Fsp3) is 0.250. The van der Waals surface area contributed by atoms with Gasteiger partial charge >= 0.3 is 0 Å². The van der Waals surface area contributed by atoms with Gasteiger partial charge in [0.15, 0.2) is 0 Å². The predicted octanol–water partition coefficient (Wildman–Crippen LogP) is 1.73. The fourth-order valence-corrected chi connectivity index (χ4v) is 2.20. The zero-order valence-corrected chi connectivity index (χ0v) is 9.16. The lowest BCUT2D eigenvalue weighted by Crippen LogP contribution is -2.18. The lowest BCUT2D eigenvalue weighted by molar-refractivity contribution is 0.110. The van der Waals surface area contributed by atoms with Crippen LogP contribution in [0.2, 0.25) is 0 Å². The van der Waals surface area contributed by atoms with Crippen LogP contribution in [0, 0.1) is 5.82 Å². The molecule has 0 bridgehead atoms. The van der Waals surface area contributed by atoms with Crippen molar-refractivity contribution in [3.63, 3.8) is 0 Å². The number of nitrogens with one attached hydrogen (secondary N) is 1. The number of hydrogen-bond acceptors (Lipinski definition) is 4. The van der Waals surface area contributed by atoms with Crippen molar-refractivity contribution in [1.82, 2.24) is 4.98 Å². The van der Waals surface area contributed by atoms with Crippen LogP contribution in [0.5, 0.6) is 0 Å². The fourth-order valence-electron chi connectivity index (χ4n) is 2.20. The zero-order chi connectivity index (χ0) is 11.8. The molecule has 2 heterocycles. The molecule has 1 aromatic heterocycles. The molecule has 5 heteroatoms. The molecule has 2 aromatic rings. The van der Waals surface area contributed by atoms with E-state index in [1.165, 1.54) is 12.1 Å². The second kappa shape index (κ2) is 3.94. The van der Waals surface area contributed by atoms with Crippen LogP contribution in [0.4, 0.5) is 10.1 Å². The molecule has 0 spiro atoms. The highest BCUT2D eigenvalue weighted by atomic mass is 19.1. The van der Waals surface area contributed by atoms with Crippen molar-refractivity contribution in [2.75, 3.05) is 12.0 Å². The molecule has 1 aliphatic rings. The van der Waals surface area contributed by atoms with E-state index in [9.17, 15) is 4.39 Å². The Hall–Kier alpha value is -1.72. The Labute approximate surface area is 97.6 Å². The van der Waals surface area contributed by atoms with Crippen LogP contribution < -0.4 is 11.3 Å². The zero-order valence-electron chi connectivity index (χ0n) is 9.16. The highest BCUT2D eigenvalue weighted by Gasteiger charge is 2.18. The standard InChI is InChI=1S/C12H12FN3O/c13-7-1-2-10-8(5-7)12(16-14)9-6-17-4-3-11(9)15-10/h1-2,5H,3-4,6,14H2,(H,15,16). The van der Waals surface area contributed by atoms with E-state index < -0.39 is 0 Å². The van der Waals surface area contributed by atoms with Crippen molar-refractivity contribution < 1.29 is 9.13 Å². The normalized spacial score (nSPS) is 14.7. The van der Waals surface area contributed by atoms with E-state index in [1.54, 1.807) is 6.07 Å². The Balaban J connectivity index is 2.35. The number of hydrazine groups is 1. The third-order valence-corrected chi connectivity index (χ3v) is 3.01. The number of fused-ring (bicyclic) bond motifs is 2. The number of hydrogen-bond donors (Lipinski definition) is 2. The first kappa shape index (κ1) is 10.4. The van der Waals surface area contributed by atoms with Gasteiger partial charge in [0.25, 0.3) is 0 Å². The first-order valence-electron chi connectivity index (χ1n) is 5.45. The molecule has 0 unspecified atom stereocenters. The Kier molecular flexibility index (Phi) is 2.42. The van der Waals surface area contributed by atoms with E-state index in [-0.39, 0.29) is 5.82 Å². The van der Waals surface area contributed by atoms with Crippen molar-refractivity contribution in [1.29, 1.82) is 0 Å². The van der Waals surface area contributed by atoms with Crippen LogP contribution >= 0.6 is 0 Å². The van der Waals surface area contributed by atoms with Gasteiger partial charge in [-0.05, 0) is 18.2 Å². The van der Waals surface area contributed by atoms with Crippen LogP contribution in [0.15, 0.2) is 18.2 Å². The van der Waals surface area contributed by atoms with Gasteiger partial charge in [0.05, 0.1) is 30.1 Å². The number of aromatic nitrogens is 1. The number of halogens is 1. The maximum absolute atomic E-state index is 13.3. The van der Waals surface area contributed by atoms with Gasteiger partial charge in [-0.25, -0.2) is 4.39 Å². The van der Waals surface area contributed by atoms with E-state index >= 15 is 0 Å². The van der Waals surface area contributed by atoms with Crippen molar-refractivity contribution in [2.45, 2.75) is 13.0 Å². The second-order valence-corrected chi connectivity index (χ2v) is 4.02. The van der Waals surface area contributed by atoms with Gasteiger partial charge in [-0.2, -0.15) is 0 Å². The summed E-state index contributed by atoms with van der Waals surface area (Å²) in [6, 6.07) is 4.51. The number of pyridine rings is 1. The Bertz CT molecular complexity index is 585. The van der Waals surface area contributed by atoms with Gasteiger partial charge in [0.2, 0.25) is 0 Å². The molecule has 3 N–H and O–H groups in total. The van der Waals surface area contributed by atoms with Gasteiger partial charge in [-0.15, -0.1) is 0 Å². The average Bonchev–Trinajstić information content (AvgIpc) is 2.36. The number of benzene rings is 1. The van der Waals surface area contributed by atoms with E-state index in [1.807, 2.05) is 0 Å². The minimum absolute atomic E-state index is 0.299. The molecule has 88 valence electrons. The molecule has 0 amide bonds. The minimum Gasteiger partial charge on any atom is -0.376 e. The first-order valence-corrected chi connectivity index (χ1v) is 5.45. The minimum atomic E-state index is -0.299. The summed E-state index contributed by atoms with van der Waals surface area (Å²) in [5.74, 6) is 5.24. The number of anilines is 1. The molecule has 0 radical (unpaired) electrons. The van der Waals surface area contributed by atoms with Crippen LogP contribution in [0.3, 0.4) is 0 Å². The number of rotatable bonds is 1. The third kappa shape index (κ3) is 1.64. The SMILES string of the molecule is NNc1c2c(nc3ccc(F)cc13)CCOC2. The second-order valence-electron chi connectivity index (χ2n) is 4.02. The molecule has 1 aliphatic heterocycles. The van der Waals surface area contributed by atoms with E-state index in [0.29, 0.717) is 24.3 Å². The molecule has 0 atom stereocenters. The van der Waals surface area contributed by atoms with Gasteiger partial charge < -0.3 is 10.2 Å². The Morgan fingerprint density at radius 3 is 3.12 bits per heavy atom. The number of ether oxygens (including phenoxy) is 1. The molecular weight excluding hydrogens is 221 g/mol. The van der Waals surface area contributed by atoms with Gasteiger partial charge in [0.1, 0.15) is 5.82 Å². The van der Waals surface area contributed by atoms with Crippen molar-refractivity contribution in [3.8, 4) is 0 Å². The summed E-state index contributed by atoms with van der Waals surface area (Å²) in [5, 5.41) is 0.691. The summed E-state index contributed by atoms with van der Waals surface area (Å²) in [6.45, 7) is 1.13. The molecule has 4 nitrogen and oxygen atoms in total. The lowest BCUT2D eigenvalue weighted by atomic mass is 10.0. The van der Waals surface area contributed by atoms with Crippen LogP contribution in [0.1, 0.15) is 11.3 Å². The summed E-state index contributed by atoms with van der Waals surface area (Å²) in [6.07, 6.45) is 0.761. The monoisotopic (exact) mass is 233 g/mol. The molecule has 0 saturated carbocycles. The summed E-state index contributed by atoms with van der Waals surface area (Å²) >= 11 is 0. The first-order chi connectivity index (χ1) is 8.29. The predicted molar refractivity (Wildman–Crippen MR) is 62.9 cm³/mol. The summed E-state index contributed by atoms with van der Waals surface area (Å²) in [7, 11) is 0. The lowest BCUT2D eigenvalue weighted by Gasteiger charge is -2.20. The number of nitrogens with two attached hydrogens (primary N) is 1.